The van der Waals surface area contributed by atoms with Gasteiger partial charge in [-0.2, -0.15) is 16.8 Å². The molecule has 0 saturated carbocycles. The molecule has 0 bridgehead atoms. The monoisotopic (exact) mass is 546 g/mol. The lowest BCUT2D eigenvalue weighted by molar-refractivity contribution is 0.481. The van der Waals surface area contributed by atoms with Gasteiger partial charge in [0.25, 0.3) is 20.2 Å². The highest BCUT2D eigenvalue weighted by Gasteiger charge is 2.33. The molecule has 2 aliphatic heterocycles. The summed E-state index contributed by atoms with van der Waals surface area (Å²) in [6, 6.07) is 24.5. The average Bonchev–Trinajstić information content (AvgIpc) is 2.89. The summed E-state index contributed by atoms with van der Waals surface area (Å²) in [7, 11) is -5.20. The van der Waals surface area contributed by atoms with E-state index in [9.17, 15) is 25.9 Å². The van der Waals surface area contributed by atoms with Crippen molar-refractivity contribution in [2.24, 2.45) is 0 Å². The summed E-state index contributed by atoms with van der Waals surface area (Å²) in [5.41, 5.74) is 7.82. The molecule has 38 heavy (non-hydrogen) atoms. The summed E-state index contributed by atoms with van der Waals surface area (Å²) >= 11 is 0. The molecule has 2 N–H and O–H groups in total. The molecule has 0 aliphatic carbocycles. The maximum absolute atomic E-state index is 12.0. The Bertz CT molecular complexity index is 1770. The zero-order valence-electron chi connectivity index (χ0n) is 20.3. The highest BCUT2D eigenvalue weighted by atomic mass is 32.2. The predicted octanol–water partition coefficient (Wildman–Crippen LogP) is 5.35. The van der Waals surface area contributed by atoms with E-state index in [-0.39, 0.29) is 9.79 Å². The minimum atomic E-state index is -4.43. The molecule has 0 radical (unpaired) electrons. The highest BCUT2D eigenvalue weighted by Crippen LogP contribution is 2.53. The van der Waals surface area contributed by atoms with Crippen LogP contribution in [0.1, 0.15) is 22.3 Å². The zero-order valence-corrected chi connectivity index (χ0v) is 22.0. The number of hydrogen-bond donors (Lipinski definition) is 2. The Morgan fingerprint density at radius 3 is 1.21 bits per heavy atom. The minimum absolute atomic E-state index is 0.214. The van der Waals surface area contributed by atoms with Crippen LogP contribution in [-0.2, 0) is 20.2 Å². The van der Waals surface area contributed by atoms with Gasteiger partial charge in [-0.1, -0.05) is 48.5 Å². The van der Waals surface area contributed by atoms with Crippen LogP contribution in [0.25, 0.3) is 11.1 Å². The van der Waals surface area contributed by atoms with Gasteiger partial charge in [0.2, 0.25) is 0 Å². The van der Waals surface area contributed by atoms with Crippen molar-refractivity contribution in [2.45, 2.75) is 9.79 Å². The molecule has 2 aliphatic rings. The van der Waals surface area contributed by atoms with Crippen LogP contribution in [-0.4, -0.2) is 40.0 Å². The fourth-order valence-corrected chi connectivity index (χ4v) is 6.37. The van der Waals surface area contributed by atoms with E-state index in [2.05, 4.69) is 0 Å². The molecule has 4 aromatic carbocycles. The molecule has 0 unspecified atom stereocenters. The van der Waals surface area contributed by atoms with Gasteiger partial charge in [-0.3, -0.25) is 9.11 Å². The third-order valence-corrected chi connectivity index (χ3v) is 8.81. The Hall–Kier alpha value is -3.96. The van der Waals surface area contributed by atoms with Crippen LogP contribution in [0, 0.1) is 0 Å². The summed E-state index contributed by atoms with van der Waals surface area (Å²) < 4.78 is 67.4. The number of rotatable bonds is 2. The minimum Gasteiger partial charge on any atom is -0.344 e. The Labute approximate surface area is 220 Å². The molecule has 10 heteroatoms. The van der Waals surface area contributed by atoms with Gasteiger partial charge in [0, 0.05) is 58.9 Å². The number of nitrogens with zero attached hydrogens (tertiary/aromatic N) is 2. The van der Waals surface area contributed by atoms with Gasteiger partial charge in [-0.25, -0.2) is 0 Å². The van der Waals surface area contributed by atoms with Crippen LogP contribution < -0.4 is 9.80 Å². The number of anilines is 4. The summed E-state index contributed by atoms with van der Waals surface area (Å²) in [6.07, 6.45) is 0. The van der Waals surface area contributed by atoms with Gasteiger partial charge in [-0.05, 0) is 36.4 Å². The normalized spacial score (nSPS) is 16.4. The van der Waals surface area contributed by atoms with E-state index < -0.39 is 20.2 Å². The average molecular weight is 547 g/mol. The summed E-state index contributed by atoms with van der Waals surface area (Å²) in [4.78, 5) is 3.33. The van der Waals surface area contributed by atoms with E-state index in [0.29, 0.717) is 11.4 Å². The van der Waals surface area contributed by atoms with Crippen molar-refractivity contribution >= 4 is 54.1 Å². The van der Waals surface area contributed by atoms with Crippen molar-refractivity contribution in [1.82, 2.24) is 0 Å². The Morgan fingerprint density at radius 1 is 0.500 bits per heavy atom. The van der Waals surface area contributed by atoms with Crippen LogP contribution in [0.3, 0.4) is 0 Å². The number of para-hydroxylation sites is 2. The van der Waals surface area contributed by atoms with Crippen molar-refractivity contribution in [2.75, 3.05) is 23.9 Å². The smallest absolute Gasteiger partial charge is 0.294 e. The first kappa shape index (κ1) is 24.4. The molecule has 0 amide bonds. The molecule has 6 rings (SSSR count). The lowest BCUT2D eigenvalue weighted by atomic mass is 9.80. The quantitative estimate of drug-likeness (QED) is 0.323. The van der Waals surface area contributed by atoms with E-state index in [1.54, 1.807) is 12.1 Å². The van der Waals surface area contributed by atoms with Crippen molar-refractivity contribution in [1.29, 1.82) is 0 Å². The van der Waals surface area contributed by atoms with Gasteiger partial charge in [0.1, 0.15) is 0 Å². The number of benzene rings is 4. The van der Waals surface area contributed by atoms with Crippen LogP contribution in [0.15, 0.2) is 94.7 Å². The Kier molecular flexibility index (Phi) is 5.31. The lowest BCUT2D eigenvalue weighted by Gasteiger charge is -2.37. The van der Waals surface area contributed by atoms with Gasteiger partial charge < -0.3 is 9.80 Å². The van der Waals surface area contributed by atoms with Crippen molar-refractivity contribution in [3.8, 4) is 0 Å². The fraction of sp³-hybridized carbons (Fsp3) is 0.0714. The molecule has 0 atom stereocenters. The summed E-state index contributed by atoms with van der Waals surface area (Å²) in [5, 5.41) is 0. The van der Waals surface area contributed by atoms with Gasteiger partial charge in [-0.15, -0.1) is 0 Å². The van der Waals surface area contributed by atoms with Gasteiger partial charge >= 0.3 is 0 Å². The first-order chi connectivity index (χ1) is 18.0. The lowest BCUT2D eigenvalue weighted by Crippen LogP contribution is -2.22. The number of hydrogen-bond acceptors (Lipinski definition) is 6. The number of fused-ring (bicyclic) bond motifs is 4. The topological polar surface area (TPSA) is 115 Å². The summed E-state index contributed by atoms with van der Waals surface area (Å²) in [5.74, 6) is 0. The standard InChI is InChI=1S/C28H22N2O6S2/c1-29-23-9-5-3-7-19(23)27(21-13-11-17(15-25(21)29)37(31,32)33)28-20-8-4-6-10-24(20)30(2)26-16-18(38(34,35)36)12-14-22(26)28/h3-16H,1-2H3,(H,31,32,33)(H,34,35,36)/b28-27-. The van der Waals surface area contributed by atoms with E-state index in [4.69, 9.17) is 0 Å². The van der Waals surface area contributed by atoms with E-state index >= 15 is 0 Å². The molecule has 192 valence electrons. The third-order valence-electron chi connectivity index (χ3n) is 7.11. The van der Waals surface area contributed by atoms with Crippen LogP contribution in [0.2, 0.25) is 0 Å². The molecule has 0 saturated heterocycles. The van der Waals surface area contributed by atoms with Gasteiger partial charge in [0.05, 0.1) is 21.2 Å². The second-order valence-corrected chi connectivity index (χ2v) is 12.1. The molecule has 8 nitrogen and oxygen atoms in total. The maximum atomic E-state index is 12.0. The van der Waals surface area contributed by atoms with E-state index in [1.165, 1.54) is 24.3 Å². The van der Waals surface area contributed by atoms with E-state index in [0.717, 1.165) is 44.8 Å². The van der Waals surface area contributed by atoms with E-state index in [1.807, 2.05) is 72.4 Å². The predicted molar refractivity (Wildman–Crippen MR) is 147 cm³/mol. The van der Waals surface area contributed by atoms with Crippen LogP contribution >= 0.6 is 0 Å². The Morgan fingerprint density at radius 2 is 0.842 bits per heavy atom. The fourth-order valence-electron chi connectivity index (χ4n) is 5.37. The first-order valence-corrected chi connectivity index (χ1v) is 14.5. The molecule has 2 heterocycles. The van der Waals surface area contributed by atoms with Crippen molar-refractivity contribution < 1.29 is 25.9 Å². The Balaban J connectivity index is 1.78. The third kappa shape index (κ3) is 3.64. The molecular weight excluding hydrogens is 524 g/mol. The van der Waals surface area contributed by atoms with Crippen LogP contribution in [0.4, 0.5) is 22.7 Å². The van der Waals surface area contributed by atoms with Crippen molar-refractivity contribution in [3.05, 3.63) is 107 Å². The van der Waals surface area contributed by atoms with Crippen molar-refractivity contribution in [3.63, 3.8) is 0 Å². The summed E-state index contributed by atoms with van der Waals surface area (Å²) in [6.45, 7) is 0. The molecule has 0 spiro atoms. The van der Waals surface area contributed by atoms with Gasteiger partial charge in [0.15, 0.2) is 0 Å². The zero-order chi connectivity index (χ0) is 27.0. The molecule has 0 aromatic heterocycles. The molecule has 4 aromatic rings. The molecular formula is C28H22N2O6S2. The second kappa shape index (κ2) is 8.27. The SMILES string of the molecule is CN1c2ccccc2/C(=C2\c3ccccc3N(C)c3cc(S(=O)(=O)O)ccc32)c2ccc(S(=O)(=O)O)cc21. The first-order valence-electron chi connectivity index (χ1n) is 11.6. The highest BCUT2D eigenvalue weighted by molar-refractivity contribution is 7.86. The second-order valence-electron chi connectivity index (χ2n) is 9.21. The molecule has 0 fully saturated rings. The largest absolute Gasteiger partial charge is 0.344 e. The van der Waals surface area contributed by atoms with Crippen LogP contribution in [0.5, 0.6) is 0 Å². The maximum Gasteiger partial charge on any atom is 0.294 e.